The molecule has 0 spiro atoms. The molecule has 21 heavy (non-hydrogen) atoms. The van der Waals surface area contributed by atoms with Crippen LogP contribution in [0.15, 0.2) is 30.3 Å². The van der Waals surface area contributed by atoms with Gasteiger partial charge < -0.3 is 5.32 Å². The number of hydrogen-bond acceptors (Lipinski definition) is 2. The molecule has 5 heteroatoms. The molecule has 0 saturated heterocycles. The van der Waals surface area contributed by atoms with Crippen LogP contribution in [0.1, 0.15) is 51.9 Å². The van der Waals surface area contributed by atoms with Crippen molar-refractivity contribution in [1.82, 2.24) is 15.8 Å². The van der Waals surface area contributed by atoms with Crippen LogP contribution in [0.2, 0.25) is 0 Å². The van der Waals surface area contributed by atoms with Gasteiger partial charge in [-0.05, 0) is 53.7 Å². The lowest BCUT2D eigenvalue weighted by atomic mass is 10.1. The van der Waals surface area contributed by atoms with E-state index >= 15 is 0 Å². The third-order valence-corrected chi connectivity index (χ3v) is 2.60. The Morgan fingerprint density at radius 2 is 1.48 bits per heavy atom. The van der Waals surface area contributed by atoms with Crippen LogP contribution in [0.4, 0.5) is 4.79 Å². The van der Waals surface area contributed by atoms with E-state index in [-0.39, 0.29) is 11.4 Å². The van der Waals surface area contributed by atoms with Gasteiger partial charge in [-0.1, -0.05) is 18.2 Å². The molecule has 5 nitrogen and oxygen atoms in total. The number of benzene rings is 1. The maximum Gasteiger partial charge on any atom is 0.334 e. The minimum atomic E-state index is -0.540. The maximum atomic E-state index is 12.6. The molecule has 3 amide bonds. The first-order valence-corrected chi connectivity index (χ1v) is 6.99. The Morgan fingerprint density at radius 1 is 0.952 bits per heavy atom. The quantitative estimate of drug-likeness (QED) is 0.781. The zero-order valence-corrected chi connectivity index (χ0v) is 13.7. The van der Waals surface area contributed by atoms with Crippen LogP contribution in [0.3, 0.4) is 0 Å². The number of rotatable bonds is 1. The summed E-state index contributed by atoms with van der Waals surface area (Å²) in [6.07, 6.45) is 0. The van der Waals surface area contributed by atoms with Crippen LogP contribution in [0.25, 0.3) is 0 Å². The van der Waals surface area contributed by atoms with Crippen molar-refractivity contribution in [2.75, 3.05) is 0 Å². The standard InChI is InChI=1S/C16H25N3O2/c1-15(2,3)17-14(21)18-19(16(4,5)6)13(20)12-10-8-7-9-11-12/h7-11H,1-6H3,(H2,17,18,21). The molecule has 0 bridgehead atoms. The van der Waals surface area contributed by atoms with Gasteiger partial charge >= 0.3 is 6.03 Å². The highest BCUT2D eigenvalue weighted by atomic mass is 16.2. The third kappa shape index (κ3) is 5.45. The molecule has 1 rings (SSSR count). The second kappa shape index (κ2) is 6.16. The Hall–Kier alpha value is -2.04. The summed E-state index contributed by atoms with van der Waals surface area (Å²) < 4.78 is 0. The minimum absolute atomic E-state index is 0.243. The van der Waals surface area contributed by atoms with Gasteiger partial charge in [0, 0.05) is 11.1 Å². The Kier molecular flexibility index (Phi) is 4.99. The first-order chi connectivity index (χ1) is 9.50. The number of nitrogens with one attached hydrogen (secondary N) is 2. The molecule has 0 aliphatic rings. The maximum absolute atomic E-state index is 12.6. The largest absolute Gasteiger partial charge is 0.334 e. The molecule has 2 N–H and O–H groups in total. The molecular formula is C16H25N3O2. The van der Waals surface area contributed by atoms with Gasteiger partial charge in [-0.3, -0.25) is 4.79 Å². The van der Waals surface area contributed by atoms with Gasteiger partial charge in [0.05, 0.1) is 5.54 Å². The molecule has 0 aromatic heterocycles. The van der Waals surface area contributed by atoms with Crippen molar-refractivity contribution in [2.45, 2.75) is 52.6 Å². The number of hydrazine groups is 1. The highest BCUT2D eigenvalue weighted by Gasteiger charge is 2.30. The van der Waals surface area contributed by atoms with Gasteiger partial charge in [0.2, 0.25) is 0 Å². The van der Waals surface area contributed by atoms with Crippen molar-refractivity contribution < 1.29 is 9.59 Å². The molecule has 0 aliphatic heterocycles. The van der Waals surface area contributed by atoms with E-state index in [4.69, 9.17) is 0 Å². The van der Waals surface area contributed by atoms with E-state index in [1.165, 1.54) is 5.01 Å². The molecule has 0 heterocycles. The summed E-state index contributed by atoms with van der Waals surface area (Å²) in [6, 6.07) is 8.49. The van der Waals surface area contributed by atoms with Gasteiger partial charge in [-0.15, -0.1) is 0 Å². The van der Waals surface area contributed by atoms with Crippen LogP contribution in [-0.4, -0.2) is 28.0 Å². The summed E-state index contributed by atoms with van der Waals surface area (Å²) in [7, 11) is 0. The Labute approximate surface area is 126 Å². The van der Waals surface area contributed by atoms with E-state index in [2.05, 4.69) is 10.7 Å². The van der Waals surface area contributed by atoms with Crippen molar-refractivity contribution in [2.24, 2.45) is 0 Å². The van der Waals surface area contributed by atoms with E-state index in [0.29, 0.717) is 5.56 Å². The van der Waals surface area contributed by atoms with Crippen LogP contribution < -0.4 is 10.7 Å². The van der Waals surface area contributed by atoms with Crippen LogP contribution >= 0.6 is 0 Å². The fourth-order valence-electron chi connectivity index (χ4n) is 1.70. The van der Waals surface area contributed by atoms with Crippen molar-refractivity contribution >= 4 is 11.9 Å². The zero-order valence-electron chi connectivity index (χ0n) is 13.7. The Morgan fingerprint density at radius 3 is 1.90 bits per heavy atom. The van der Waals surface area contributed by atoms with Crippen molar-refractivity contribution in [3.05, 3.63) is 35.9 Å². The molecule has 0 fully saturated rings. The van der Waals surface area contributed by atoms with Gasteiger partial charge in [0.1, 0.15) is 0 Å². The molecule has 0 atom stereocenters. The molecular weight excluding hydrogens is 266 g/mol. The van der Waals surface area contributed by atoms with Crippen molar-refractivity contribution in [3.8, 4) is 0 Å². The lowest BCUT2D eigenvalue weighted by molar-refractivity contribution is 0.0445. The van der Waals surface area contributed by atoms with Gasteiger partial charge in [0.15, 0.2) is 0 Å². The van der Waals surface area contributed by atoms with E-state index in [0.717, 1.165) is 0 Å². The number of nitrogens with zero attached hydrogens (tertiary/aromatic N) is 1. The Balaban J connectivity index is 2.93. The monoisotopic (exact) mass is 291 g/mol. The average molecular weight is 291 g/mol. The third-order valence-electron chi connectivity index (χ3n) is 2.60. The van der Waals surface area contributed by atoms with Crippen LogP contribution in [0, 0.1) is 0 Å². The SMILES string of the molecule is CC(C)(C)NC(=O)NN(C(=O)c1ccccc1)C(C)(C)C. The Bertz CT molecular complexity index is 498. The molecule has 0 saturated carbocycles. The fraction of sp³-hybridized carbons (Fsp3) is 0.500. The topological polar surface area (TPSA) is 61.4 Å². The van der Waals surface area contributed by atoms with E-state index in [1.807, 2.05) is 47.6 Å². The van der Waals surface area contributed by atoms with E-state index in [1.54, 1.807) is 24.3 Å². The first kappa shape index (κ1) is 17.0. The number of carbonyl (C=O) groups excluding carboxylic acids is 2. The molecule has 1 aromatic carbocycles. The summed E-state index contributed by atoms with van der Waals surface area (Å²) in [5.41, 5.74) is 2.27. The number of urea groups is 1. The minimum Gasteiger partial charge on any atom is -0.332 e. The van der Waals surface area contributed by atoms with E-state index in [9.17, 15) is 9.59 Å². The van der Waals surface area contributed by atoms with E-state index < -0.39 is 11.6 Å². The predicted octanol–water partition coefficient (Wildman–Crippen LogP) is 2.94. The summed E-state index contributed by atoms with van der Waals surface area (Å²) >= 11 is 0. The van der Waals surface area contributed by atoms with Crippen molar-refractivity contribution in [3.63, 3.8) is 0 Å². The summed E-state index contributed by atoms with van der Waals surface area (Å²) in [5, 5.41) is 4.13. The molecule has 116 valence electrons. The fourth-order valence-corrected chi connectivity index (χ4v) is 1.70. The average Bonchev–Trinajstić information content (AvgIpc) is 2.33. The number of hydrogen-bond donors (Lipinski definition) is 2. The lowest BCUT2D eigenvalue weighted by Gasteiger charge is -2.36. The zero-order chi connectivity index (χ0) is 16.3. The normalized spacial score (nSPS) is 11.7. The highest BCUT2D eigenvalue weighted by Crippen LogP contribution is 2.15. The van der Waals surface area contributed by atoms with Gasteiger partial charge in [0.25, 0.3) is 5.91 Å². The number of carbonyl (C=O) groups is 2. The van der Waals surface area contributed by atoms with Crippen molar-refractivity contribution in [1.29, 1.82) is 0 Å². The van der Waals surface area contributed by atoms with Gasteiger partial charge in [-0.25, -0.2) is 15.2 Å². The molecule has 0 radical (unpaired) electrons. The summed E-state index contributed by atoms with van der Waals surface area (Å²) in [6.45, 7) is 11.2. The molecule has 0 unspecified atom stereocenters. The summed E-state index contributed by atoms with van der Waals surface area (Å²) in [5.74, 6) is -0.243. The molecule has 1 aromatic rings. The first-order valence-electron chi connectivity index (χ1n) is 6.99. The predicted molar refractivity (Wildman–Crippen MR) is 83.8 cm³/mol. The highest BCUT2D eigenvalue weighted by molar-refractivity contribution is 5.95. The smallest absolute Gasteiger partial charge is 0.332 e. The second-order valence-corrected chi connectivity index (χ2v) is 6.99. The van der Waals surface area contributed by atoms with Crippen LogP contribution in [-0.2, 0) is 0 Å². The number of amides is 3. The molecule has 0 aliphatic carbocycles. The second-order valence-electron chi connectivity index (χ2n) is 6.99. The lowest BCUT2D eigenvalue weighted by Crippen LogP contribution is -2.60. The van der Waals surface area contributed by atoms with Crippen LogP contribution in [0.5, 0.6) is 0 Å². The summed E-state index contributed by atoms with van der Waals surface area (Å²) in [4.78, 5) is 24.6. The van der Waals surface area contributed by atoms with Gasteiger partial charge in [-0.2, -0.15) is 0 Å².